The van der Waals surface area contributed by atoms with Crippen LogP contribution in [0, 0.1) is 11.8 Å². The topological polar surface area (TPSA) is 47.6 Å². The Balaban J connectivity index is 1.83. The second-order valence-corrected chi connectivity index (χ2v) is 9.00. The van der Waals surface area contributed by atoms with E-state index in [2.05, 4.69) is 5.32 Å². The molecule has 2 atom stereocenters. The van der Waals surface area contributed by atoms with Gasteiger partial charge in [0.05, 0.1) is 24.9 Å². The standard InChI is InChI=1S/C21H35F4NO3/c1-14(2)19(27)26-18(13-29-17-6-10-21(24,25)11-7-17)15(3)28-12-16-4-8-20(22,23)9-5-16/h14-18H,4-13H2,1-3H3,(H,26,27). The molecule has 2 rings (SSSR count). The van der Waals surface area contributed by atoms with Crippen LogP contribution in [-0.2, 0) is 14.3 Å². The fourth-order valence-corrected chi connectivity index (χ4v) is 3.73. The maximum atomic E-state index is 13.3. The zero-order valence-electron chi connectivity index (χ0n) is 17.7. The van der Waals surface area contributed by atoms with Crippen molar-refractivity contribution in [3.05, 3.63) is 0 Å². The minimum absolute atomic E-state index is 0.0834. The fraction of sp³-hybridized carbons (Fsp3) is 0.952. The van der Waals surface area contributed by atoms with Crippen LogP contribution in [0.5, 0.6) is 0 Å². The lowest BCUT2D eigenvalue weighted by Gasteiger charge is -2.33. The Bertz CT molecular complexity index is 510. The van der Waals surface area contributed by atoms with E-state index in [0.717, 1.165) is 0 Å². The molecule has 29 heavy (non-hydrogen) atoms. The van der Waals surface area contributed by atoms with Crippen molar-refractivity contribution in [2.24, 2.45) is 11.8 Å². The predicted molar refractivity (Wildman–Crippen MR) is 102 cm³/mol. The molecule has 2 unspecified atom stereocenters. The maximum absolute atomic E-state index is 13.3. The largest absolute Gasteiger partial charge is 0.376 e. The Morgan fingerprint density at radius 1 is 0.966 bits per heavy atom. The Hall–Kier alpha value is -0.890. The van der Waals surface area contributed by atoms with E-state index in [1.165, 1.54) is 0 Å². The summed E-state index contributed by atoms with van der Waals surface area (Å²) in [6, 6.07) is -0.419. The van der Waals surface area contributed by atoms with Crippen LogP contribution in [-0.4, -0.2) is 49.2 Å². The molecule has 0 bridgehead atoms. The molecule has 0 heterocycles. The zero-order chi connectivity index (χ0) is 21.7. The van der Waals surface area contributed by atoms with Crippen molar-refractivity contribution in [2.45, 2.75) is 102 Å². The summed E-state index contributed by atoms with van der Waals surface area (Å²) in [7, 11) is 0. The van der Waals surface area contributed by atoms with Gasteiger partial charge in [-0.15, -0.1) is 0 Å². The number of halogens is 4. The number of ether oxygens (including phenoxy) is 2. The Kier molecular flexibility index (Phi) is 8.76. The van der Waals surface area contributed by atoms with Crippen LogP contribution in [0.15, 0.2) is 0 Å². The molecule has 2 aliphatic carbocycles. The minimum Gasteiger partial charge on any atom is -0.376 e. The summed E-state index contributed by atoms with van der Waals surface area (Å²) in [5.41, 5.74) is 0. The number of carbonyl (C=O) groups excluding carboxylic acids is 1. The molecule has 2 aliphatic rings. The average Bonchev–Trinajstić information content (AvgIpc) is 2.64. The number of amides is 1. The summed E-state index contributed by atoms with van der Waals surface area (Å²) >= 11 is 0. The molecule has 2 saturated carbocycles. The number of rotatable bonds is 9. The van der Waals surface area contributed by atoms with Gasteiger partial charge in [-0.2, -0.15) is 0 Å². The van der Waals surface area contributed by atoms with Gasteiger partial charge >= 0.3 is 0 Å². The van der Waals surface area contributed by atoms with Crippen molar-refractivity contribution >= 4 is 5.91 Å². The molecule has 0 radical (unpaired) electrons. The lowest BCUT2D eigenvalue weighted by atomic mass is 9.87. The van der Waals surface area contributed by atoms with Gasteiger partial charge in [-0.3, -0.25) is 4.79 Å². The van der Waals surface area contributed by atoms with E-state index in [-0.39, 0.29) is 62.2 Å². The molecular formula is C21H35F4NO3. The summed E-state index contributed by atoms with van der Waals surface area (Å²) in [6.07, 6.45) is 0.234. The molecule has 4 nitrogen and oxygen atoms in total. The SMILES string of the molecule is CC(C)C(=O)NC(COC1CCC(F)(F)CC1)C(C)OCC1CCC(F)(F)CC1. The molecule has 0 aromatic heterocycles. The van der Waals surface area contributed by atoms with Crippen LogP contribution < -0.4 is 5.32 Å². The molecule has 8 heteroatoms. The molecule has 1 N–H and O–H groups in total. The van der Waals surface area contributed by atoms with E-state index in [1.54, 1.807) is 13.8 Å². The Morgan fingerprint density at radius 3 is 2.00 bits per heavy atom. The Labute approximate surface area is 171 Å². The van der Waals surface area contributed by atoms with E-state index < -0.39 is 17.9 Å². The van der Waals surface area contributed by atoms with Gasteiger partial charge in [-0.25, -0.2) is 17.6 Å². The van der Waals surface area contributed by atoms with E-state index in [4.69, 9.17) is 9.47 Å². The lowest BCUT2D eigenvalue weighted by molar-refractivity contribution is -0.128. The first-order valence-corrected chi connectivity index (χ1v) is 10.8. The van der Waals surface area contributed by atoms with Crippen molar-refractivity contribution in [1.29, 1.82) is 0 Å². The lowest BCUT2D eigenvalue weighted by Crippen LogP contribution is -2.49. The minimum atomic E-state index is -2.61. The highest BCUT2D eigenvalue weighted by Gasteiger charge is 2.37. The number of hydrogen-bond acceptors (Lipinski definition) is 3. The van der Waals surface area contributed by atoms with Crippen molar-refractivity contribution in [2.75, 3.05) is 13.2 Å². The smallest absolute Gasteiger partial charge is 0.248 e. The van der Waals surface area contributed by atoms with Crippen LogP contribution in [0.1, 0.15) is 72.1 Å². The van der Waals surface area contributed by atoms with Gasteiger partial charge in [-0.05, 0) is 38.5 Å². The van der Waals surface area contributed by atoms with E-state index >= 15 is 0 Å². The summed E-state index contributed by atoms with van der Waals surface area (Å²) < 4.78 is 65.0. The van der Waals surface area contributed by atoms with Crippen LogP contribution >= 0.6 is 0 Å². The third-order valence-electron chi connectivity index (χ3n) is 6.03. The second kappa shape index (κ2) is 10.4. The second-order valence-electron chi connectivity index (χ2n) is 9.00. The van der Waals surface area contributed by atoms with Crippen molar-refractivity contribution < 1.29 is 31.8 Å². The fourth-order valence-electron chi connectivity index (χ4n) is 3.73. The average molecular weight is 426 g/mol. The molecule has 0 aromatic rings. The molecule has 1 amide bonds. The van der Waals surface area contributed by atoms with Gasteiger partial charge < -0.3 is 14.8 Å². The van der Waals surface area contributed by atoms with E-state index in [1.807, 2.05) is 6.92 Å². The van der Waals surface area contributed by atoms with Gasteiger partial charge in [0, 0.05) is 38.2 Å². The first-order valence-electron chi connectivity index (χ1n) is 10.8. The number of nitrogens with one attached hydrogen (secondary N) is 1. The van der Waals surface area contributed by atoms with Crippen LogP contribution in [0.2, 0.25) is 0 Å². The summed E-state index contributed by atoms with van der Waals surface area (Å²) in [5.74, 6) is -5.45. The molecule has 0 saturated heterocycles. The third kappa shape index (κ3) is 8.40. The first-order chi connectivity index (χ1) is 13.5. The maximum Gasteiger partial charge on any atom is 0.248 e. The van der Waals surface area contributed by atoms with Crippen LogP contribution in [0.4, 0.5) is 17.6 Å². The van der Waals surface area contributed by atoms with Crippen molar-refractivity contribution in [1.82, 2.24) is 5.32 Å². The molecule has 0 aliphatic heterocycles. The quantitative estimate of drug-likeness (QED) is 0.532. The van der Waals surface area contributed by atoms with Gasteiger partial charge in [0.25, 0.3) is 0 Å². The summed E-state index contributed by atoms with van der Waals surface area (Å²) in [5, 5.41) is 2.92. The van der Waals surface area contributed by atoms with Gasteiger partial charge in [0.1, 0.15) is 0 Å². The predicted octanol–water partition coefficient (Wildman–Crippen LogP) is 4.95. The van der Waals surface area contributed by atoms with Gasteiger partial charge in [-0.1, -0.05) is 13.8 Å². The Morgan fingerprint density at radius 2 is 1.48 bits per heavy atom. The highest BCUT2D eigenvalue weighted by atomic mass is 19.3. The monoisotopic (exact) mass is 425 g/mol. The molecule has 0 spiro atoms. The number of carbonyl (C=O) groups is 1. The highest BCUT2D eigenvalue weighted by Crippen LogP contribution is 2.36. The van der Waals surface area contributed by atoms with Gasteiger partial charge in [0.15, 0.2) is 0 Å². The number of hydrogen-bond donors (Lipinski definition) is 1. The van der Waals surface area contributed by atoms with E-state index in [0.29, 0.717) is 32.3 Å². The summed E-state index contributed by atoms with van der Waals surface area (Å²) in [4.78, 5) is 12.2. The molecule has 0 aromatic carbocycles. The molecule has 170 valence electrons. The molecule has 2 fully saturated rings. The molecular weight excluding hydrogens is 390 g/mol. The highest BCUT2D eigenvalue weighted by molar-refractivity contribution is 5.78. The number of alkyl halides is 4. The third-order valence-corrected chi connectivity index (χ3v) is 6.03. The van der Waals surface area contributed by atoms with Crippen molar-refractivity contribution in [3.63, 3.8) is 0 Å². The summed E-state index contributed by atoms with van der Waals surface area (Å²) in [6.45, 7) is 5.93. The zero-order valence-corrected chi connectivity index (χ0v) is 17.7. The van der Waals surface area contributed by atoms with Crippen LogP contribution in [0.25, 0.3) is 0 Å². The normalized spacial score (nSPS) is 25.0. The van der Waals surface area contributed by atoms with Crippen molar-refractivity contribution in [3.8, 4) is 0 Å². The van der Waals surface area contributed by atoms with E-state index in [9.17, 15) is 22.4 Å². The van der Waals surface area contributed by atoms with Gasteiger partial charge in [0.2, 0.25) is 17.8 Å². The first kappa shape index (κ1) is 24.4. The van der Waals surface area contributed by atoms with Crippen LogP contribution in [0.3, 0.4) is 0 Å².